The van der Waals surface area contributed by atoms with E-state index in [1.165, 1.54) is 0 Å². The molecule has 1 N–H and O–H groups in total. The van der Waals surface area contributed by atoms with Gasteiger partial charge >= 0.3 is 0 Å². The molecule has 0 radical (unpaired) electrons. The molecule has 2 aliphatic heterocycles. The molecular weight excluding hydrogens is 297 g/mol. The molecule has 108 valence electrons. The molecule has 0 aromatic heterocycles. The van der Waals surface area contributed by atoms with Gasteiger partial charge in [-0.15, -0.1) is 0 Å². The highest BCUT2D eigenvalue weighted by atomic mass is 35.5. The molecule has 2 saturated heterocycles. The van der Waals surface area contributed by atoms with Gasteiger partial charge in [-0.05, 0) is 18.2 Å². The summed E-state index contributed by atoms with van der Waals surface area (Å²) >= 11 is 11.8. The van der Waals surface area contributed by atoms with Crippen molar-refractivity contribution in [2.24, 2.45) is 0 Å². The van der Waals surface area contributed by atoms with Gasteiger partial charge in [-0.3, -0.25) is 9.69 Å². The predicted octanol–water partition coefficient (Wildman–Crippen LogP) is 1.72. The number of halogens is 2. The summed E-state index contributed by atoms with van der Waals surface area (Å²) in [6, 6.07) is 5.55. The highest BCUT2D eigenvalue weighted by Gasteiger charge is 2.35. The summed E-state index contributed by atoms with van der Waals surface area (Å²) in [5.41, 5.74) is 0.609. The van der Waals surface area contributed by atoms with Gasteiger partial charge in [0, 0.05) is 50.9 Å². The zero-order valence-electron chi connectivity index (χ0n) is 11.1. The van der Waals surface area contributed by atoms with Gasteiger partial charge in [-0.1, -0.05) is 23.2 Å². The molecule has 0 spiro atoms. The van der Waals surface area contributed by atoms with Crippen molar-refractivity contribution in [2.45, 2.75) is 6.04 Å². The predicted molar refractivity (Wildman–Crippen MR) is 80.6 cm³/mol. The highest BCUT2D eigenvalue weighted by Crippen LogP contribution is 2.25. The summed E-state index contributed by atoms with van der Waals surface area (Å²) in [5.74, 6) is 0.0370. The fourth-order valence-electron chi connectivity index (χ4n) is 2.71. The number of benzene rings is 1. The van der Waals surface area contributed by atoms with Gasteiger partial charge in [-0.25, -0.2) is 0 Å². The summed E-state index contributed by atoms with van der Waals surface area (Å²) in [6.07, 6.45) is 0. The Kier molecular flexibility index (Phi) is 4.17. The number of rotatable bonds is 2. The second-order valence-corrected chi connectivity index (χ2v) is 6.09. The summed E-state index contributed by atoms with van der Waals surface area (Å²) in [7, 11) is 0. The Labute approximate surface area is 128 Å². The topological polar surface area (TPSA) is 35.6 Å². The first-order valence-corrected chi connectivity index (χ1v) is 7.60. The van der Waals surface area contributed by atoms with Gasteiger partial charge in [0.25, 0.3) is 5.91 Å². The van der Waals surface area contributed by atoms with E-state index in [2.05, 4.69) is 10.2 Å². The van der Waals surface area contributed by atoms with E-state index in [1.54, 1.807) is 18.2 Å². The van der Waals surface area contributed by atoms with Crippen LogP contribution >= 0.6 is 23.2 Å². The Morgan fingerprint density at radius 3 is 2.50 bits per heavy atom. The summed E-state index contributed by atoms with van der Waals surface area (Å²) in [6.45, 7) is 5.82. The molecule has 3 rings (SSSR count). The van der Waals surface area contributed by atoms with Crippen LogP contribution in [-0.2, 0) is 0 Å². The van der Waals surface area contributed by atoms with E-state index in [4.69, 9.17) is 23.2 Å². The van der Waals surface area contributed by atoms with E-state index in [0.717, 1.165) is 39.3 Å². The first-order chi connectivity index (χ1) is 9.65. The fraction of sp³-hybridized carbons (Fsp3) is 0.500. The van der Waals surface area contributed by atoms with Crippen LogP contribution in [0.1, 0.15) is 10.4 Å². The van der Waals surface area contributed by atoms with Crippen molar-refractivity contribution in [3.63, 3.8) is 0 Å². The molecule has 0 unspecified atom stereocenters. The Balaban J connectivity index is 1.58. The second-order valence-electron chi connectivity index (χ2n) is 5.28. The van der Waals surface area contributed by atoms with Crippen LogP contribution < -0.4 is 5.32 Å². The number of piperazine rings is 1. The fourth-order valence-corrected chi connectivity index (χ4v) is 3.01. The number of nitrogens with zero attached hydrogens (tertiary/aromatic N) is 2. The van der Waals surface area contributed by atoms with Gasteiger partial charge in [0.15, 0.2) is 0 Å². The number of hydrogen-bond donors (Lipinski definition) is 1. The largest absolute Gasteiger partial charge is 0.335 e. The SMILES string of the molecule is O=C(c1ccc(Cl)c(Cl)c1)N1CC(N2CCNCC2)C1. The lowest BCUT2D eigenvalue weighted by Crippen LogP contribution is -2.63. The zero-order chi connectivity index (χ0) is 14.1. The van der Waals surface area contributed by atoms with Crippen LogP contribution in [-0.4, -0.2) is 61.0 Å². The minimum Gasteiger partial charge on any atom is -0.335 e. The average molecular weight is 314 g/mol. The minimum absolute atomic E-state index is 0.0370. The number of amides is 1. The second kappa shape index (κ2) is 5.90. The smallest absolute Gasteiger partial charge is 0.254 e. The highest BCUT2D eigenvalue weighted by molar-refractivity contribution is 6.42. The number of carbonyl (C=O) groups excluding carboxylic acids is 1. The zero-order valence-corrected chi connectivity index (χ0v) is 12.6. The van der Waals surface area contributed by atoms with Gasteiger partial charge in [0.2, 0.25) is 0 Å². The van der Waals surface area contributed by atoms with Crippen LogP contribution in [0.3, 0.4) is 0 Å². The third-order valence-corrected chi connectivity index (χ3v) is 4.72. The van der Waals surface area contributed by atoms with Crippen LogP contribution in [0, 0.1) is 0 Å². The molecule has 1 aromatic carbocycles. The van der Waals surface area contributed by atoms with E-state index in [0.29, 0.717) is 21.7 Å². The Hall–Kier alpha value is -0.810. The third-order valence-electron chi connectivity index (χ3n) is 3.98. The standard InChI is InChI=1S/C14H17Cl2N3O/c15-12-2-1-10(7-13(12)16)14(20)19-8-11(9-19)18-5-3-17-4-6-18/h1-2,7,11,17H,3-6,8-9H2. The molecule has 2 fully saturated rings. The van der Waals surface area contributed by atoms with Crippen molar-refractivity contribution in [1.82, 2.24) is 15.1 Å². The molecule has 1 aromatic rings. The van der Waals surface area contributed by atoms with Crippen molar-refractivity contribution in [3.05, 3.63) is 33.8 Å². The van der Waals surface area contributed by atoms with E-state index in [1.807, 2.05) is 4.90 Å². The third kappa shape index (κ3) is 2.79. The van der Waals surface area contributed by atoms with Crippen molar-refractivity contribution in [2.75, 3.05) is 39.3 Å². The quantitative estimate of drug-likeness (QED) is 0.903. The molecule has 1 amide bonds. The van der Waals surface area contributed by atoms with Gasteiger partial charge in [0.1, 0.15) is 0 Å². The maximum absolute atomic E-state index is 12.3. The lowest BCUT2D eigenvalue weighted by molar-refractivity contribution is 0.0227. The van der Waals surface area contributed by atoms with Gasteiger partial charge < -0.3 is 10.2 Å². The number of hydrogen-bond acceptors (Lipinski definition) is 3. The molecule has 2 heterocycles. The van der Waals surface area contributed by atoms with Crippen molar-refractivity contribution in [1.29, 1.82) is 0 Å². The molecule has 4 nitrogen and oxygen atoms in total. The number of carbonyl (C=O) groups is 1. The van der Waals surface area contributed by atoms with Crippen LogP contribution in [0.25, 0.3) is 0 Å². The molecular formula is C14H17Cl2N3O. The van der Waals surface area contributed by atoms with Crippen molar-refractivity contribution >= 4 is 29.1 Å². The van der Waals surface area contributed by atoms with Gasteiger partial charge in [-0.2, -0.15) is 0 Å². The Morgan fingerprint density at radius 2 is 1.85 bits per heavy atom. The molecule has 0 aliphatic carbocycles. The Morgan fingerprint density at radius 1 is 1.15 bits per heavy atom. The van der Waals surface area contributed by atoms with Crippen molar-refractivity contribution < 1.29 is 4.79 Å². The van der Waals surface area contributed by atoms with E-state index >= 15 is 0 Å². The molecule has 0 atom stereocenters. The normalized spacial score (nSPS) is 20.8. The monoisotopic (exact) mass is 313 g/mol. The van der Waals surface area contributed by atoms with Crippen molar-refractivity contribution in [3.8, 4) is 0 Å². The minimum atomic E-state index is 0.0370. The lowest BCUT2D eigenvalue weighted by Gasteiger charge is -2.46. The number of likely N-dealkylation sites (tertiary alicyclic amines) is 1. The average Bonchev–Trinajstić information content (AvgIpc) is 2.41. The van der Waals surface area contributed by atoms with E-state index in [9.17, 15) is 4.79 Å². The van der Waals surface area contributed by atoms with Crippen LogP contribution in [0.4, 0.5) is 0 Å². The van der Waals surface area contributed by atoms with Crippen LogP contribution in [0.5, 0.6) is 0 Å². The first kappa shape index (κ1) is 14.1. The van der Waals surface area contributed by atoms with Crippen LogP contribution in [0.2, 0.25) is 10.0 Å². The maximum Gasteiger partial charge on any atom is 0.254 e. The number of nitrogens with one attached hydrogen (secondary N) is 1. The van der Waals surface area contributed by atoms with Crippen LogP contribution in [0.15, 0.2) is 18.2 Å². The van der Waals surface area contributed by atoms with E-state index in [-0.39, 0.29) is 5.91 Å². The summed E-state index contributed by atoms with van der Waals surface area (Å²) in [5, 5.41) is 4.24. The molecule has 0 bridgehead atoms. The maximum atomic E-state index is 12.3. The lowest BCUT2D eigenvalue weighted by atomic mass is 10.0. The Bertz CT molecular complexity index is 511. The molecule has 20 heavy (non-hydrogen) atoms. The summed E-state index contributed by atoms with van der Waals surface area (Å²) < 4.78 is 0. The molecule has 2 aliphatic rings. The van der Waals surface area contributed by atoms with Gasteiger partial charge in [0.05, 0.1) is 10.0 Å². The molecule has 6 heteroatoms. The first-order valence-electron chi connectivity index (χ1n) is 6.84. The molecule has 0 saturated carbocycles. The van der Waals surface area contributed by atoms with E-state index < -0.39 is 0 Å². The summed E-state index contributed by atoms with van der Waals surface area (Å²) in [4.78, 5) is 16.6.